The van der Waals surface area contributed by atoms with E-state index < -0.39 is 11.9 Å². The number of phenolic OH excluding ortho intramolecular Hbond substituents is 1. The van der Waals surface area contributed by atoms with Crippen LogP contribution in [0.25, 0.3) is 11.3 Å². The van der Waals surface area contributed by atoms with Crippen LogP contribution in [0.4, 0.5) is 13.2 Å². The first-order valence-electron chi connectivity index (χ1n) is 11.0. The number of hydrogen-bond donors (Lipinski definition) is 3. The molecule has 1 aromatic heterocycles. The number of alkyl halides is 3. The van der Waals surface area contributed by atoms with Gasteiger partial charge in [-0.3, -0.25) is 10.00 Å². The summed E-state index contributed by atoms with van der Waals surface area (Å²) in [7, 11) is 0. The van der Waals surface area contributed by atoms with Gasteiger partial charge >= 0.3 is 6.18 Å². The molecule has 3 N–H and O–H groups in total. The molecule has 2 aromatic carbocycles. The molecule has 1 fully saturated rings. The zero-order chi connectivity index (χ0) is 25.0. The Morgan fingerprint density at radius 2 is 1.86 bits per heavy atom. The van der Waals surface area contributed by atoms with E-state index in [1.54, 1.807) is 30.3 Å². The van der Waals surface area contributed by atoms with Crippen molar-refractivity contribution in [1.29, 1.82) is 0 Å². The van der Waals surface area contributed by atoms with Gasteiger partial charge in [-0.15, -0.1) is 0 Å². The summed E-state index contributed by atoms with van der Waals surface area (Å²) in [6.07, 6.45) is -3.58. The fourth-order valence-electron chi connectivity index (χ4n) is 3.69. The first kappa shape index (κ1) is 24.9. The van der Waals surface area contributed by atoms with Gasteiger partial charge in [-0.2, -0.15) is 18.3 Å². The molecule has 0 atom stereocenters. The first-order valence-corrected chi connectivity index (χ1v) is 11.3. The molecule has 1 saturated heterocycles. The first-order chi connectivity index (χ1) is 16.7. The number of hydrogen-bond acceptors (Lipinski definition) is 5. The van der Waals surface area contributed by atoms with E-state index in [9.17, 15) is 23.4 Å². The van der Waals surface area contributed by atoms with Crippen molar-refractivity contribution in [2.75, 3.05) is 19.6 Å². The quantitative estimate of drug-likeness (QED) is 0.432. The maximum atomic E-state index is 13.0. The molecule has 0 amide bonds. The maximum absolute atomic E-state index is 13.0. The van der Waals surface area contributed by atoms with Gasteiger partial charge in [0, 0.05) is 23.7 Å². The number of ether oxygens (including phenoxy) is 1. The topological polar surface area (TPSA) is 81.6 Å². The number of halogens is 4. The normalized spacial score (nSPS) is 15.0. The van der Waals surface area contributed by atoms with Crippen LogP contribution >= 0.6 is 11.6 Å². The Kier molecular flexibility index (Phi) is 7.55. The fraction of sp³-hybridized carbons (Fsp3) is 0.320. The molecule has 0 spiro atoms. The Labute approximate surface area is 205 Å². The van der Waals surface area contributed by atoms with Gasteiger partial charge in [-0.25, -0.2) is 0 Å². The second-order valence-corrected chi connectivity index (χ2v) is 8.66. The molecule has 3 aromatic rings. The molecule has 0 aliphatic carbocycles. The number of aromatic nitrogens is 2. The summed E-state index contributed by atoms with van der Waals surface area (Å²) in [6.45, 7) is 2.00. The lowest BCUT2D eigenvalue weighted by Gasteiger charge is -2.27. The van der Waals surface area contributed by atoms with E-state index in [1.165, 1.54) is 6.07 Å². The highest BCUT2D eigenvalue weighted by Gasteiger charge is 2.34. The summed E-state index contributed by atoms with van der Waals surface area (Å²) in [4.78, 5) is 2.08. The van der Waals surface area contributed by atoms with Gasteiger partial charge in [0.1, 0.15) is 23.7 Å². The van der Waals surface area contributed by atoms with Gasteiger partial charge in [0.2, 0.25) is 0 Å². The van der Waals surface area contributed by atoms with Crippen molar-refractivity contribution in [1.82, 2.24) is 15.1 Å². The van der Waals surface area contributed by atoms with E-state index in [2.05, 4.69) is 26.9 Å². The highest BCUT2D eigenvalue weighted by atomic mass is 35.5. The van der Waals surface area contributed by atoms with Crippen molar-refractivity contribution in [2.45, 2.75) is 31.7 Å². The van der Waals surface area contributed by atoms with Crippen LogP contribution in [0.2, 0.25) is 5.02 Å². The number of nitrogens with zero attached hydrogens (tertiary/aromatic N) is 2. The number of aliphatic hydroxyl groups is 1. The molecule has 35 heavy (non-hydrogen) atoms. The third-order valence-electron chi connectivity index (χ3n) is 5.68. The number of aromatic amines is 1. The minimum absolute atomic E-state index is 0.00662. The van der Waals surface area contributed by atoms with E-state index in [0.29, 0.717) is 43.2 Å². The summed E-state index contributed by atoms with van der Waals surface area (Å²) in [5, 5.41) is 26.8. The Morgan fingerprint density at radius 1 is 1.14 bits per heavy atom. The number of H-pyrrole nitrogens is 1. The monoisotopic (exact) mass is 505 g/mol. The number of rotatable bonds is 5. The Hall–Kier alpha value is -3.19. The third-order valence-corrected chi connectivity index (χ3v) is 5.93. The Balaban J connectivity index is 1.62. The summed E-state index contributed by atoms with van der Waals surface area (Å²) in [5.41, 5.74) is 0.0445. The molecule has 0 saturated carbocycles. The molecule has 1 aliphatic rings. The minimum atomic E-state index is -4.61. The number of aliphatic hydroxyl groups excluding tert-OH is 1. The number of nitrogens with one attached hydrogen (secondary N) is 1. The SMILES string of the molecule is Oc1c(-c2cc(C(F)(F)F)n[nH]2)ccc(OCc2ccc(Cl)cc2)c1C#CCN1CCC(O)CC1. The Bertz CT molecular complexity index is 1220. The molecule has 0 radical (unpaired) electrons. The van der Waals surface area contributed by atoms with Crippen LogP contribution in [0.15, 0.2) is 42.5 Å². The molecule has 6 nitrogen and oxygen atoms in total. The summed E-state index contributed by atoms with van der Waals surface area (Å²) >= 11 is 5.92. The highest BCUT2D eigenvalue weighted by molar-refractivity contribution is 6.30. The van der Waals surface area contributed by atoms with Crippen LogP contribution in [0.3, 0.4) is 0 Å². The second-order valence-electron chi connectivity index (χ2n) is 8.22. The minimum Gasteiger partial charge on any atom is -0.506 e. The maximum Gasteiger partial charge on any atom is 0.435 e. The van der Waals surface area contributed by atoms with Crippen molar-refractivity contribution in [3.05, 3.63) is 64.3 Å². The predicted molar refractivity (Wildman–Crippen MR) is 125 cm³/mol. The van der Waals surface area contributed by atoms with Gasteiger partial charge in [-0.1, -0.05) is 35.6 Å². The molecule has 10 heteroatoms. The lowest BCUT2D eigenvalue weighted by molar-refractivity contribution is -0.141. The van der Waals surface area contributed by atoms with E-state index in [1.807, 2.05) is 0 Å². The average Bonchev–Trinajstić information content (AvgIpc) is 3.32. The van der Waals surface area contributed by atoms with Crippen molar-refractivity contribution in [3.8, 4) is 34.6 Å². The molecular formula is C25H23ClF3N3O3. The van der Waals surface area contributed by atoms with E-state index in [4.69, 9.17) is 16.3 Å². The van der Waals surface area contributed by atoms with E-state index in [0.717, 1.165) is 11.6 Å². The number of aromatic hydroxyl groups is 1. The summed E-state index contributed by atoms with van der Waals surface area (Å²) in [6, 6.07) is 10.9. The van der Waals surface area contributed by atoms with Gasteiger partial charge in [0.15, 0.2) is 5.69 Å². The number of benzene rings is 2. The fourth-order valence-corrected chi connectivity index (χ4v) is 3.82. The van der Waals surface area contributed by atoms with E-state index in [-0.39, 0.29) is 35.3 Å². The van der Waals surface area contributed by atoms with Crippen molar-refractivity contribution < 1.29 is 28.1 Å². The Morgan fingerprint density at radius 3 is 2.51 bits per heavy atom. The van der Waals surface area contributed by atoms with Gasteiger partial charge in [-0.05, 0) is 48.7 Å². The molecular weight excluding hydrogens is 483 g/mol. The smallest absolute Gasteiger partial charge is 0.435 e. The molecule has 184 valence electrons. The van der Waals surface area contributed by atoms with Crippen molar-refractivity contribution in [2.24, 2.45) is 0 Å². The predicted octanol–water partition coefficient (Wildman–Crippen LogP) is 4.84. The lowest BCUT2D eigenvalue weighted by atomic mass is 10.0. The number of likely N-dealkylation sites (tertiary alicyclic amines) is 1. The standard InChI is InChI=1S/C25H23ClF3N3O3/c26-17-5-3-16(4-6-17)15-35-22-8-7-19(21-14-23(31-30-21)25(27,28)29)24(34)20(22)2-1-11-32-12-9-18(33)10-13-32/h3-8,14,18,33-34H,9-13,15H2,(H,30,31). The van der Waals surface area contributed by atoms with Crippen LogP contribution in [-0.4, -0.2) is 51.0 Å². The van der Waals surface area contributed by atoms with Gasteiger partial charge in [0.05, 0.1) is 18.3 Å². The van der Waals surface area contributed by atoms with Crippen LogP contribution in [0, 0.1) is 11.8 Å². The van der Waals surface area contributed by atoms with Crippen LogP contribution in [0.1, 0.15) is 29.7 Å². The molecule has 1 aliphatic heterocycles. The highest BCUT2D eigenvalue weighted by Crippen LogP contribution is 2.38. The lowest BCUT2D eigenvalue weighted by Crippen LogP contribution is -2.35. The number of phenols is 1. The average molecular weight is 506 g/mol. The summed E-state index contributed by atoms with van der Waals surface area (Å²) in [5.74, 6) is 5.92. The van der Waals surface area contributed by atoms with Gasteiger partial charge < -0.3 is 14.9 Å². The van der Waals surface area contributed by atoms with Crippen molar-refractivity contribution in [3.63, 3.8) is 0 Å². The second kappa shape index (κ2) is 10.6. The molecule has 4 rings (SSSR count). The molecule has 0 unspecified atom stereocenters. The zero-order valence-corrected chi connectivity index (χ0v) is 19.3. The van der Waals surface area contributed by atoms with Crippen LogP contribution in [0.5, 0.6) is 11.5 Å². The van der Waals surface area contributed by atoms with Gasteiger partial charge in [0.25, 0.3) is 0 Å². The largest absolute Gasteiger partial charge is 0.506 e. The van der Waals surface area contributed by atoms with Crippen molar-refractivity contribution >= 4 is 11.6 Å². The molecule has 2 heterocycles. The van der Waals surface area contributed by atoms with Crippen LogP contribution in [-0.2, 0) is 12.8 Å². The molecule has 0 bridgehead atoms. The third kappa shape index (κ3) is 6.28. The van der Waals surface area contributed by atoms with Crippen LogP contribution < -0.4 is 4.74 Å². The zero-order valence-electron chi connectivity index (χ0n) is 18.6. The van der Waals surface area contributed by atoms with E-state index >= 15 is 0 Å². The summed E-state index contributed by atoms with van der Waals surface area (Å²) < 4.78 is 44.9. The number of piperidine rings is 1.